The average molecular weight is 379 g/mol. The predicted octanol–water partition coefficient (Wildman–Crippen LogP) is 3.19. The zero-order valence-corrected chi connectivity index (χ0v) is 16.6. The van der Waals surface area contributed by atoms with Gasteiger partial charge in [-0.3, -0.25) is 14.0 Å². The summed E-state index contributed by atoms with van der Waals surface area (Å²) in [5.41, 5.74) is 1.42. The summed E-state index contributed by atoms with van der Waals surface area (Å²) in [6, 6.07) is 12.9. The van der Waals surface area contributed by atoms with Crippen LogP contribution in [-0.2, 0) is 5.41 Å². The first kappa shape index (κ1) is 19.6. The molecule has 146 valence electrons. The first-order chi connectivity index (χ1) is 13.3. The second-order valence-electron chi connectivity index (χ2n) is 7.87. The number of rotatable bonds is 5. The van der Waals surface area contributed by atoms with Crippen molar-refractivity contribution in [1.29, 1.82) is 0 Å². The maximum Gasteiger partial charge on any atom is 0.270 e. The fourth-order valence-corrected chi connectivity index (χ4v) is 2.80. The number of carbonyl (C=O) groups excluding carboxylic acids is 1. The second kappa shape index (κ2) is 7.84. The van der Waals surface area contributed by atoms with Gasteiger partial charge in [0.05, 0.1) is 6.04 Å². The number of fused-ring (bicyclic) bond motifs is 1. The molecule has 0 aliphatic carbocycles. The van der Waals surface area contributed by atoms with Gasteiger partial charge in [-0.2, -0.15) is 0 Å². The van der Waals surface area contributed by atoms with Gasteiger partial charge in [-0.25, -0.2) is 4.98 Å². The molecule has 1 amide bonds. The number of benzene rings is 1. The first-order valence-corrected chi connectivity index (χ1v) is 9.26. The van der Waals surface area contributed by atoms with Gasteiger partial charge in [0, 0.05) is 12.4 Å². The maximum absolute atomic E-state index is 12.5. The van der Waals surface area contributed by atoms with Crippen LogP contribution in [0.5, 0.6) is 5.75 Å². The standard InChI is InChI=1S/C22H25N3O3/c1-15(14-28-17-10-8-16(9-11-17)22(2,3)4)24-20(26)18-13-23-19-7-5-6-12-25(19)21(18)27/h5-13,15H,14H2,1-4H3,(H,24,26). The Morgan fingerprint density at radius 3 is 2.57 bits per heavy atom. The maximum atomic E-state index is 12.5. The highest BCUT2D eigenvalue weighted by Gasteiger charge is 2.16. The summed E-state index contributed by atoms with van der Waals surface area (Å²) >= 11 is 0. The number of nitrogens with zero attached hydrogens (tertiary/aromatic N) is 2. The Kier molecular flexibility index (Phi) is 5.49. The van der Waals surface area contributed by atoms with Gasteiger partial charge in [0.15, 0.2) is 0 Å². The van der Waals surface area contributed by atoms with Crippen molar-refractivity contribution in [3.63, 3.8) is 0 Å². The van der Waals surface area contributed by atoms with E-state index in [1.54, 1.807) is 24.4 Å². The van der Waals surface area contributed by atoms with Crippen LogP contribution in [0.1, 0.15) is 43.6 Å². The number of amides is 1. The topological polar surface area (TPSA) is 72.7 Å². The molecule has 1 aromatic carbocycles. The molecular weight excluding hydrogens is 354 g/mol. The minimum absolute atomic E-state index is 0.00470. The molecule has 1 N–H and O–H groups in total. The van der Waals surface area contributed by atoms with Crippen molar-refractivity contribution in [2.75, 3.05) is 6.61 Å². The molecule has 2 heterocycles. The summed E-state index contributed by atoms with van der Waals surface area (Å²) in [4.78, 5) is 29.1. The Hall–Kier alpha value is -3.15. The van der Waals surface area contributed by atoms with E-state index in [1.807, 2.05) is 31.2 Å². The van der Waals surface area contributed by atoms with E-state index in [-0.39, 0.29) is 17.0 Å². The molecule has 6 heteroatoms. The van der Waals surface area contributed by atoms with Crippen molar-refractivity contribution in [3.8, 4) is 5.75 Å². The van der Waals surface area contributed by atoms with Crippen LogP contribution in [0.15, 0.2) is 59.7 Å². The minimum atomic E-state index is -0.463. The molecule has 6 nitrogen and oxygen atoms in total. The number of pyridine rings is 1. The fourth-order valence-electron chi connectivity index (χ4n) is 2.80. The van der Waals surface area contributed by atoms with Gasteiger partial charge < -0.3 is 10.1 Å². The molecule has 1 atom stereocenters. The van der Waals surface area contributed by atoms with Crippen LogP contribution in [0.4, 0.5) is 0 Å². The molecule has 3 rings (SSSR count). The molecule has 0 aliphatic rings. The van der Waals surface area contributed by atoms with E-state index in [9.17, 15) is 9.59 Å². The smallest absolute Gasteiger partial charge is 0.270 e. The van der Waals surface area contributed by atoms with Gasteiger partial charge in [0.25, 0.3) is 11.5 Å². The number of hydrogen-bond donors (Lipinski definition) is 1. The highest BCUT2D eigenvalue weighted by molar-refractivity contribution is 5.93. The molecule has 0 radical (unpaired) electrons. The van der Waals surface area contributed by atoms with E-state index in [4.69, 9.17) is 4.74 Å². The molecule has 28 heavy (non-hydrogen) atoms. The summed E-state index contributed by atoms with van der Waals surface area (Å²) < 4.78 is 7.11. The molecule has 0 bridgehead atoms. The average Bonchev–Trinajstić information content (AvgIpc) is 2.66. The lowest BCUT2D eigenvalue weighted by Gasteiger charge is -2.20. The van der Waals surface area contributed by atoms with Crippen molar-refractivity contribution in [1.82, 2.24) is 14.7 Å². The molecule has 0 saturated heterocycles. The summed E-state index contributed by atoms with van der Waals surface area (Å²) in [5, 5.41) is 2.79. The highest BCUT2D eigenvalue weighted by atomic mass is 16.5. The Balaban J connectivity index is 1.62. The molecular formula is C22H25N3O3. The van der Waals surface area contributed by atoms with Crippen molar-refractivity contribution in [2.24, 2.45) is 0 Å². The molecule has 0 aliphatic heterocycles. The second-order valence-corrected chi connectivity index (χ2v) is 7.87. The van der Waals surface area contributed by atoms with Crippen LogP contribution in [0.3, 0.4) is 0 Å². The zero-order chi connectivity index (χ0) is 20.3. The molecule has 0 fully saturated rings. The lowest BCUT2D eigenvalue weighted by molar-refractivity contribution is 0.0924. The molecule has 3 aromatic rings. The van der Waals surface area contributed by atoms with Crippen LogP contribution in [-0.4, -0.2) is 27.9 Å². The quantitative estimate of drug-likeness (QED) is 0.739. The molecule has 1 unspecified atom stereocenters. The lowest BCUT2D eigenvalue weighted by Crippen LogP contribution is -2.39. The summed E-state index contributed by atoms with van der Waals surface area (Å²) in [5.74, 6) is 0.275. The Morgan fingerprint density at radius 1 is 1.18 bits per heavy atom. The summed E-state index contributed by atoms with van der Waals surface area (Å²) in [7, 11) is 0. The third kappa shape index (κ3) is 4.39. The van der Waals surface area contributed by atoms with Gasteiger partial charge in [-0.05, 0) is 42.2 Å². The predicted molar refractivity (Wildman–Crippen MR) is 109 cm³/mol. The van der Waals surface area contributed by atoms with Crippen molar-refractivity contribution in [2.45, 2.75) is 39.2 Å². The minimum Gasteiger partial charge on any atom is -0.491 e. The fraction of sp³-hybridized carbons (Fsp3) is 0.318. The Labute approximate surface area is 164 Å². The first-order valence-electron chi connectivity index (χ1n) is 9.26. The van der Waals surface area contributed by atoms with Crippen molar-refractivity contribution in [3.05, 3.63) is 76.3 Å². The van der Waals surface area contributed by atoms with Crippen LogP contribution < -0.4 is 15.6 Å². The Bertz CT molecular complexity index is 1030. The number of hydrogen-bond acceptors (Lipinski definition) is 4. The van der Waals surface area contributed by atoms with Gasteiger partial charge in [-0.15, -0.1) is 0 Å². The van der Waals surface area contributed by atoms with Crippen molar-refractivity contribution < 1.29 is 9.53 Å². The lowest BCUT2D eigenvalue weighted by atomic mass is 9.87. The van der Waals surface area contributed by atoms with Gasteiger partial charge >= 0.3 is 0 Å². The van der Waals surface area contributed by atoms with E-state index in [0.29, 0.717) is 12.3 Å². The molecule has 2 aromatic heterocycles. The summed E-state index contributed by atoms with van der Waals surface area (Å²) in [6.45, 7) is 8.59. The van der Waals surface area contributed by atoms with Crippen molar-refractivity contribution >= 4 is 11.6 Å². The third-order valence-corrected chi connectivity index (χ3v) is 4.46. The number of nitrogens with one attached hydrogen (secondary N) is 1. The van der Waals surface area contributed by atoms with Crippen LogP contribution in [0.25, 0.3) is 5.65 Å². The van der Waals surface area contributed by atoms with E-state index < -0.39 is 11.5 Å². The van der Waals surface area contributed by atoms with Gasteiger partial charge in [0.2, 0.25) is 0 Å². The van der Waals surface area contributed by atoms with E-state index in [0.717, 1.165) is 5.75 Å². The number of carbonyl (C=O) groups is 1. The highest BCUT2D eigenvalue weighted by Crippen LogP contribution is 2.24. The third-order valence-electron chi connectivity index (χ3n) is 4.46. The van der Waals surface area contributed by atoms with Crippen LogP contribution >= 0.6 is 0 Å². The SMILES string of the molecule is CC(COc1ccc(C(C)(C)C)cc1)NC(=O)c1cnc2ccccn2c1=O. The molecule has 0 spiro atoms. The van der Waals surface area contributed by atoms with Crippen LogP contribution in [0, 0.1) is 0 Å². The number of ether oxygens (including phenoxy) is 1. The van der Waals surface area contributed by atoms with Gasteiger partial charge in [-0.1, -0.05) is 39.0 Å². The zero-order valence-electron chi connectivity index (χ0n) is 16.6. The monoisotopic (exact) mass is 379 g/mol. The van der Waals surface area contributed by atoms with E-state index in [1.165, 1.54) is 16.2 Å². The van der Waals surface area contributed by atoms with E-state index >= 15 is 0 Å². The van der Waals surface area contributed by atoms with Gasteiger partial charge in [0.1, 0.15) is 23.6 Å². The Morgan fingerprint density at radius 2 is 1.89 bits per heavy atom. The van der Waals surface area contributed by atoms with E-state index in [2.05, 4.69) is 31.1 Å². The summed E-state index contributed by atoms with van der Waals surface area (Å²) in [6.07, 6.45) is 2.90. The molecule has 0 saturated carbocycles. The normalized spacial score (nSPS) is 12.6. The number of aromatic nitrogens is 2. The largest absolute Gasteiger partial charge is 0.491 e. The van der Waals surface area contributed by atoms with Crippen LogP contribution in [0.2, 0.25) is 0 Å².